The van der Waals surface area contributed by atoms with E-state index in [9.17, 15) is 4.79 Å². The molecule has 0 radical (unpaired) electrons. The van der Waals surface area contributed by atoms with Crippen molar-refractivity contribution in [1.29, 1.82) is 0 Å². The zero-order valence-corrected chi connectivity index (χ0v) is 21.5. The summed E-state index contributed by atoms with van der Waals surface area (Å²) in [6, 6.07) is 2.05. The smallest absolute Gasteiger partial charge is 0.255 e. The van der Waals surface area contributed by atoms with E-state index in [0.29, 0.717) is 33.5 Å². The molecule has 1 aliphatic carbocycles. The van der Waals surface area contributed by atoms with E-state index in [0.717, 1.165) is 36.2 Å². The molecule has 3 heterocycles. The van der Waals surface area contributed by atoms with Crippen LogP contribution >= 0.6 is 23.2 Å². The Bertz CT molecular complexity index is 1130. The van der Waals surface area contributed by atoms with Crippen LogP contribution in [0.3, 0.4) is 0 Å². The van der Waals surface area contributed by atoms with E-state index in [4.69, 9.17) is 27.9 Å². The van der Waals surface area contributed by atoms with Crippen LogP contribution in [0.1, 0.15) is 69.3 Å². The third-order valence-corrected chi connectivity index (χ3v) is 7.45. The molecule has 2 unspecified atom stereocenters. The van der Waals surface area contributed by atoms with Crippen LogP contribution < -0.4 is 26.0 Å². The summed E-state index contributed by atoms with van der Waals surface area (Å²) < 4.78 is 6.29. The van der Waals surface area contributed by atoms with Crippen LogP contribution in [-0.4, -0.2) is 28.8 Å². The van der Waals surface area contributed by atoms with Crippen LogP contribution in [0.2, 0.25) is 10.0 Å². The number of carbonyl (C=O) groups excluding carboxylic acids is 1. The molecule has 1 aromatic heterocycles. The number of nitrogens with zero attached hydrogens (tertiary/aromatic N) is 1. The first-order valence-electron chi connectivity index (χ1n) is 11.8. The predicted molar refractivity (Wildman–Crippen MR) is 137 cm³/mol. The quantitative estimate of drug-likeness (QED) is 0.407. The topological polar surface area (TPSA) is 87.3 Å². The van der Waals surface area contributed by atoms with Gasteiger partial charge in [0.05, 0.1) is 32.7 Å². The number of fused-ring (bicyclic) bond motifs is 3. The zero-order chi connectivity index (χ0) is 24.3. The number of nitrogens with one attached hydrogen (secondary N) is 4. The Kier molecular flexibility index (Phi) is 5.76. The number of benzene rings is 1. The summed E-state index contributed by atoms with van der Waals surface area (Å²) in [6.45, 7) is 8.63. The van der Waals surface area contributed by atoms with Crippen molar-refractivity contribution in [2.24, 2.45) is 5.41 Å². The second-order valence-electron chi connectivity index (χ2n) is 11.0. The van der Waals surface area contributed by atoms with Crippen molar-refractivity contribution in [3.05, 3.63) is 39.6 Å². The summed E-state index contributed by atoms with van der Waals surface area (Å²) in [5.74, 6) is 0.573. The number of carbonyl (C=O) groups is 1. The Morgan fingerprint density at radius 2 is 1.91 bits per heavy atom. The van der Waals surface area contributed by atoms with E-state index in [1.807, 2.05) is 19.9 Å². The summed E-state index contributed by atoms with van der Waals surface area (Å²) >= 11 is 12.6. The molecular formula is C25H31Cl2N5O2. The third-order valence-electron chi connectivity index (χ3n) is 6.87. The summed E-state index contributed by atoms with van der Waals surface area (Å²) in [4.78, 5) is 17.5. The first-order valence-corrected chi connectivity index (χ1v) is 12.6. The largest absolute Gasteiger partial charge is 0.486 e. The molecule has 2 atom stereocenters. The molecule has 3 aliphatic rings. The van der Waals surface area contributed by atoms with Crippen molar-refractivity contribution < 1.29 is 9.53 Å². The molecule has 1 aromatic carbocycles. The highest BCUT2D eigenvalue weighted by Crippen LogP contribution is 2.48. The van der Waals surface area contributed by atoms with Gasteiger partial charge in [0.2, 0.25) is 0 Å². The van der Waals surface area contributed by atoms with Gasteiger partial charge in [0.1, 0.15) is 11.4 Å². The Balaban J connectivity index is 1.42. The highest BCUT2D eigenvalue weighted by atomic mass is 35.5. The highest BCUT2D eigenvalue weighted by molar-refractivity contribution is 6.38. The lowest BCUT2D eigenvalue weighted by Gasteiger charge is -2.35. The van der Waals surface area contributed by atoms with Gasteiger partial charge in [-0.1, -0.05) is 43.5 Å². The number of hydrogen-bond donors (Lipinski definition) is 4. The maximum absolute atomic E-state index is 13.5. The number of hydrogen-bond acceptors (Lipinski definition) is 6. The van der Waals surface area contributed by atoms with E-state index < -0.39 is 5.60 Å². The Hall–Kier alpha value is -2.38. The van der Waals surface area contributed by atoms with Crippen LogP contribution in [0, 0.1) is 5.41 Å². The van der Waals surface area contributed by atoms with Crippen molar-refractivity contribution in [1.82, 2.24) is 10.3 Å². The van der Waals surface area contributed by atoms with Gasteiger partial charge >= 0.3 is 0 Å². The van der Waals surface area contributed by atoms with Crippen molar-refractivity contribution >= 4 is 46.2 Å². The fourth-order valence-corrected chi connectivity index (χ4v) is 5.85. The molecule has 1 amide bonds. The lowest BCUT2D eigenvalue weighted by Crippen LogP contribution is -2.40. The highest BCUT2D eigenvalue weighted by Gasteiger charge is 2.39. The van der Waals surface area contributed by atoms with Crippen LogP contribution in [0.5, 0.6) is 5.75 Å². The van der Waals surface area contributed by atoms with Gasteiger partial charge in [0.15, 0.2) is 6.29 Å². The molecule has 9 heteroatoms. The van der Waals surface area contributed by atoms with Gasteiger partial charge in [0.25, 0.3) is 5.91 Å². The number of pyridine rings is 1. The molecule has 4 N–H and O–H groups in total. The van der Waals surface area contributed by atoms with Gasteiger partial charge in [-0.3, -0.25) is 9.78 Å². The molecule has 1 fully saturated rings. The Morgan fingerprint density at radius 3 is 2.62 bits per heavy atom. The van der Waals surface area contributed by atoms with Gasteiger partial charge in [-0.25, -0.2) is 0 Å². The maximum atomic E-state index is 13.5. The summed E-state index contributed by atoms with van der Waals surface area (Å²) in [5, 5.41) is 14.3. The van der Waals surface area contributed by atoms with Crippen molar-refractivity contribution in [3.8, 4) is 5.75 Å². The second-order valence-corrected chi connectivity index (χ2v) is 11.8. The van der Waals surface area contributed by atoms with Gasteiger partial charge < -0.3 is 26.0 Å². The predicted octanol–water partition coefficient (Wildman–Crippen LogP) is 6.03. The van der Waals surface area contributed by atoms with Crippen molar-refractivity contribution in [2.45, 2.75) is 77.7 Å². The molecule has 0 bridgehead atoms. The fourth-order valence-electron chi connectivity index (χ4n) is 5.38. The number of aromatic nitrogens is 1. The first-order chi connectivity index (χ1) is 16.0. The molecule has 0 saturated heterocycles. The molecule has 2 aromatic rings. The van der Waals surface area contributed by atoms with Crippen molar-refractivity contribution in [3.63, 3.8) is 0 Å². The maximum Gasteiger partial charge on any atom is 0.255 e. The molecule has 7 nitrogen and oxygen atoms in total. The first kappa shape index (κ1) is 23.4. The van der Waals surface area contributed by atoms with Gasteiger partial charge in [0, 0.05) is 30.4 Å². The van der Waals surface area contributed by atoms with Gasteiger partial charge in [-0.15, -0.1) is 0 Å². The minimum atomic E-state index is -0.399. The molecule has 5 rings (SSSR count). The molecule has 182 valence electrons. The minimum absolute atomic E-state index is 0.0853. The number of amides is 1. The molecule has 2 aliphatic heterocycles. The average molecular weight is 504 g/mol. The molecular weight excluding hydrogens is 473 g/mol. The summed E-state index contributed by atoms with van der Waals surface area (Å²) in [5.41, 5.74) is 3.77. The summed E-state index contributed by atoms with van der Waals surface area (Å²) in [7, 11) is 0. The van der Waals surface area contributed by atoms with E-state index in [-0.39, 0.29) is 23.7 Å². The van der Waals surface area contributed by atoms with Crippen molar-refractivity contribution in [2.75, 3.05) is 16.0 Å². The minimum Gasteiger partial charge on any atom is -0.486 e. The molecule has 34 heavy (non-hydrogen) atoms. The SMILES string of the molecule is CC1(C)CCCC(NC(=O)c2cc3c(c4c2OC(C)(C)C4)NC(Nc2c(Cl)cncc2Cl)N3)C1. The lowest BCUT2D eigenvalue weighted by atomic mass is 9.75. The van der Waals surface area contributed by atoms with Crippen LogP contribution in [0.25, 0.3) is 0 Å². The van der Waals surface area contributed by atoms with Crippen LogP contribution in [0.15, 0.2) is 18.5 Å². The number of halogens is 2. The van der Waals surface area contributed by atoms with Gasteiger partial charge in [-0.05, 0) is 44.6 Å². The Morgan fingerprint density at radius 1 is 1.18 bits per heavy atom. The van der Waals surface area contributed by atoms with E-state index in [1.54, 1.807) is 12.4 Å². The van der Waals surface area contributed by atoms with E-state index in [1.165, 1.54) is 6.42 Å². The normalized spacial score (nSPS) is 23.7. The lowest BCUT2D eigenvalue weighted by molar-refractivity contribution is 0.0890. The van der Waals surface area contributed by atoms with E-state index in [2.05, 4.69) is 40.1 Å². The average Bonchev–Trinajstić information content (AvgIpc) is 3.28. The molecule has 0 spiro atoms. The zero-order valence-electron chi connectivity index (χ0n) is 19.9. The van der Waals surface area contributed by atoms with E-state index >= 15 is 0 Å². The monoisotopic (exact) mass is 503 g/mol. The van der Waals surface area contributed by atoms with Crippen LogP contribution in [-0.2, 0) is 6.42 Å². The third kappa shape index (κ3) is 4.48. The second kappa shape index (κ2) is 8.38. The Labute approximate surface area is 210 Å². The fraction of sp³-hybridized carbons (Fsp3) is 0.520. The summed E-state index contributed by atoms with van der Waals surface area (Å²) in [6.07, 6.45) is 7.73. The number of anilines is 3. The number of rotatable bonds is 4. The number of ether oxygens (including phenoxy) is 1. The standard InChI is InChI=1S/C25H31Cl2N5O2/c1-24(2)7-5-6-13(9-24)29-22(33)14-8-18-19(15-10-25(3,4)34-21(14)15)31-23(30-18)32-20-16(26)11-28-12-17(20)27/h8,11-13,23,30-31H,5-7,9-10H2,1-4H3,(H,28,32)(H,29,33). The van der Waals surface area contributed by atoms with Gasteiger partial charge in [-0.2, -0.15) is 0 Å². The molecule has 1 saturated carbocycles. The van der Waals surface area contributed by atoms with Crippen LogP contribution in [0.4, 0.5) is 17.1 Å².